The van der Waals surface area contributed by atoms with E-state index in [9.17, 15) is 14.4 Å². The molecule has 150 valence electrons. The van der Waals surface area contributed by atoms with Crippen LogP contribution in [0.4, 0.5) is 0 Å². The fourth-order valence-corrected chi connectivity index (χ4v) is 3.20. The van der Waals surface area contributed by atoms with Gasteiger partial charge in [-0.25, -0.2) is 4.98 Å². The maximum atomic E-state index is 12.7. The van der Waals surface area contributed by atoms with Gasteiger partial charge >= 0.3 is 0 Å². The standard InChI is InChI=1S/C17H27N5O3S2/c1-5-11(2)20-16(24)13(9-26-3)22-17(25)14(10-27-4)21-15(23)12-8-18-6-7-19-12/h6-8,11,13-14H,5,9-10H2,1-4H3,(H,20,24)(H,21,23)(H,22,25)/t11-,13-,14-/m1/s1. The van der Waals surface area contributed by atoms with E-state index < -0.39 is 23.9 Å². The topological polar surface area (TPSA) is 113 Å². The summed E-state index contributed by atoms with van der Waals surface area (Å²) in [7, 11) is 0. The minimum absolute atomic E-state index is 0.0251. The van der Waals surface area contributed by atoms with Crippen molar-refractivity contribution < 1.29 is 14.4 Å². The van der Waals surface area contributed by atoms with Crippen LogP contribution in [0.25, 0.3) is 0 Å². The van der Waals surface area contributed by atoms with Crippen molar-refractivity contribution >= 4 is 41.2 Å². The van der Waals surface area contributed by atoms with Crippen LogP contribution in [0.1, 0.15) is 30.8 Å². The Balaban J connectivity index is 2.78. The lowest BCUT2D eigenvalue weighted by atomic mass is 10.2. The number of hydrogen-bond donors (Lipinski definition) is 3. The third kappa shape index (κ3) is 8.17. The summed E-state index contributed by atoms with van der Waals surface area (Å²) in [4.78, 5) is 45.2. The number of rotatable bonds is 11. The highest BCUT2D eigenvalue weighted by molar-refractivity contribution is 7.98. The molecule has 0 aliphatic carbocycles. The Morgan fingerprint density at radius 2 is 1.59 bits per heavy atom. The van der Waals surface area contributed by atoms with E-state index in [0.29, 0.717) is 11.5 Å². The SMILES string of the molecule is CC[C@@H](C)NC(=O)[C@@H](CSC)NC(=O)[C@@H](CSC)NC(=O)c1cnccn1. The lowest BCUT2D eigenvalue weighted by Crippen LogP contribution is -2.56. The van der Waals surface area contributed by atoms with E-state index in [2.05, 4.69) is 25.9 Å². The van der Waals surface area contributed by atoms with Gasteiger partial charge in [0.2, 0.25) is 11.8 Å². The molecule has 0 aliphatic heterocycles. The molecule has 0 unspecified atom stereocenters. The third-order valence-electron chi connectivity index (χ3n) is 3.72. The zero-order valence-corrected chi connectivity index (χ0v) is 17.7. The van der Waals surface area contributed by atoms with E-state index in [-0.39, 0.29) is 17.6 Å². The van der Waals surface area contributed by atoms with Crippen molar-refractivity contribution in [2.45, 2.75) is 38.4 Å². The molecule has 0 spiro atoms. The summed E-state index contributed by atoms with van der Waals surface area (Å²) in [5.74, 6) is -0.299. The van der Waals surface area contributed by atoms with Crippen LogP contribution in [0.3, 0.4) is 0 Å². The molecule has 10 heteroatoms. The van der Waals surface area contributed by atoms with Crippen molar-refractivity contribution in [2.24, 2.45) is 0 Å². The summed E-state index contributed by atoms with van der Waals surface area (Å²) >= 11 is 2.89. The number of thioether (sulfide) groups is 2. The molecule has 1 rings (SSSR count). The van der Waals surface area contributed by atoms with Crippen LogP contribution >= 0.6 is 23.5 Å². The molecule has 0 saturated heterocycles. The zero-order valence-electron chi connectivity index (χ0n) is 16.0. The second-order valence-corrected chi connectivity index (χ2v) is 7.73. The molecule has 0 radical (unpaired) electrons. The van der Waals surface area contributed by atoms with Gasteiger partial charge in [-0.2, -0.15) is 23.5 Å². The van der Waals surface area contributed by atoms with Crippen LogP contribution in [-0.2, 0) is 9.59 Å². The van der Waals surface area contributed by atoms with E-state index in [0.717, 1.165) is 6.42 Å². The highest BCUT2D eigenvalue weighted by Crippen LogP contribution is 2.04. The Labute approximate surface area is 168 Å². The van der Waals surface area contributed by atoms with Crippen LogP contribution < -0.4 is 16.0 Å². The first-order valence-corrected chi connectivity index (χ1v) is 11.4. The summed E-state index contributed by atoms with van der Waals surface area (Å²) in [6.07, 6.45) is 8.71. The van der Waals surface area contributed by atoms with Crippen molar-refractivity contribution in [3.05, 3.63) is 24.3 Å². The van der Waals surface area contributed by atoms with Gasteiger partial charge in [-0.3, -0.25) is 19.4 Å². The maximum absolute atomic E-state index is 12.7. The Hall–Kier alpha value is -1.81. The van der Waals surface area contributed by atoms with Gasteiger partial charge in [0.15, 0.2) is 0 Å². The lowest BCUT2D eigenvalue weighted by molar-refractivity contribution is -0.129. The average Bonchev–Trinajstić information content (AvgIpc) is 2.67. The van der Waals surface area contributed by atoms with Crippen LogP contribution in [0.5, 0.6) is 0 Å². The first-order valence-electron chi connectivity index (χ1n) is 8.58. The first-order chi connectivity index (χ1) is 12.9. The molecule has 0 bridgehead atoms. The molecule has 1 aromatic rings. The van der Waals surface area contributed by atoms with Gasteiger partial charge in [-0.05, 0) is 25.9 Å². The molecule has 0 fully saturated rings. The minimum atomic E-state index is -0.782. The van der Waals surface area contributed by atoms with Gasteiger partial charge in [-0.1, -0.05) is 6.92 Å². The molecule has 3 amide bonds. The summed E-state index contributed by atoms with van der Waals surface area (Å²) in [6.45, 7) is 3.89. The van der Waals surface area contributed by atoms with Gasteiger partial charge in [-0.15, -0.1) is 0 Å². The first kappa shape index (κ1) is 23.2. The zero-order chi connectivity index (χ0) is 20.2. The van der Waals surface area contributed by atoms with Crippen molar-refractivity contribution in [3.63, 3.8) is 0 Å². The van der Waals surface area contributed by atoms with E-state index in [1.54, 1.807) is 0 Å². The molecule has 1 heterocycles. The summed E-state index contributed by atoms with van der Waals surface area (Å²) in [5, 5.41) is 8.29. The van der Waals surface area contributed by atoms with Gasteiger partial charge in [0.25, 0.3) is 5.91 Å². The Morgan fingerprint density at radius 3 is 2.11 bits per heavy atom. The van der Waals surface area contributed by atoms with Crippen molar-refractivity contribution in [2.75, 3.05) is 24.0 Å². The highest BCUT2D eigenvalue weighted by Gasteiger charge is 2.27. The molecular weight excluding hydrogens is 386 g/mol. The van der Waals surface area contributed by atoms with Gasteiger partial charge in [0.1, 0.15) is 17.8 Å². The Bertz CT molecular complexity index is 618. The largest absolute Gasteiger partial charge is 0.352 e. The van der Waals surface area contributed by atoms with Crippen LogP contribution in [-0.4, -0.2) is 69.8 Å². The normalized spacial score (nSPS) is 13.9. The fourth-order valence-electron chi connectivity index (χ4n) is 2.07. The quantitative estimate of drug-likeness (QED) is 0.489. The van der Waals surface area contributed by atoms with Gasteiger partial charge in [0, 0.05) is 29.9 Å². The second kappa shape index (κ2) is 12.6. The minimum Gasteiger partial charge on any atom is -0.352 e. The van der Waals surface area contributed by atoms with Crippen molar-refractivity contribution in [1.82, 2.24) is 25.9 Å². The molecular formula is C17H27N5O3S2. The summed E-state index contributed by atoms with van der Waals surface area (Å²) < 4.78 is 0. The van der Waals surface area contributed by atoms with Crippen molar-refractivity contribution in [1.29, 1.82) is 0 Å². The molecule has 3 atom stereocenters. The van der Waals surface area contributed by atoms with Crippen LogP contribution in [0, 0.1) is 0 Å². The molecule has 1 aromatic heterocycles. The molecule has 3 N–H and O–H groups in total. The number of carbonyl (C=O) groups excluding carboxylic acids is 3. The predicted molar refractivity (Wildman–Crippen MR) is 110 cm³/mol. The molecule has 0 aromatic carbocycles. The molecule has 0 aliphatic rings. The number of nitrogens with one attached hydrogen (secondary N) is 3. The Morgan fingerprint density at radius 1 is 1.00 bits per heavy atom. The predicted octanol–water partition coefficient (Wildman–Crippen LogP) is 0.701. The van der Waals surface area contributed by atoms with Crippen molar-refractivity contribution in [3.8, 4) is 0 Å². The van der Waals surface area contributed by atoms with Gasteiger partial charge < -0.3 is 16.0 Å². The van der Waals surface area contributed by atoms with E-state index in [4.69, 9.17) is 0 Å². The maximum Gasteiger partial charge on any atom is 0.272 e. The summed E-state index contributed by atoms with van der Waals surface area (Å²) in [6, 6.07) is -1.42. The number of amides is 3. The fraction of sp³-hybridized carbons (Fsp3) is 0.588. The van der Waals surface area contributed by atoms with Gasteiger partial charge in [0.05, 0.1) is 6.20 Å². The second-order valence-electron chi connectivity index (χ2n) is 5.91. The smallest absolute Gasteiger partial charge is 0.272 e. The van der Waals surface area contributed by atoms with E-state index >= 15 is 0 Å². The Kier molecular flexibility index (Phi) is 10.8. The average molecular weight is 414 g/mol. The monoisotopic (exact) mass is 413 g/mol. The summed E-state index contributed by atoms with van der Waals surface area (Å²) in [5.41, 5.74) is 0.131. The van der Waals surface area contributed by atoms with Crippen LogP contribution in [0.15, 0.2) is 18.6 Å². The number of aromatic nitrogens is 2. The van der Waals surface area contributed by atoms with E-state index in [1.165, 1.54) is 42.1 Å². The molecule has 8 nitrogen and oxygen atoms in total. The van der Waals surface area contributed by atoms with Crippen LogP contribution in [0.2, 0.25) is 0 Å². The number of carbonyl (C=O) groups is 3. The third-order valence-corrected chi connectivity index (χ3v) is 5.05. The number of hydrogen-bond acceptors (Lipinski definition) is 7. The highest BCUT2D eigenvalue weighted by atomic mass is 32.2. The van der Waals surface area contributed by atoms with E-state index in [1.807, 2.05) is 26.4 Å². The molecule has 0 saturated carbocycles. The lowest BCUT2D eigenvalue weighted by Gasteiger charge is -2.23. The number of nitrogens with zero attached hydrogens (tertiary/aromatic N) is 2. The molecule has 27 heavy (non-hydrogen) atoms.